The largest absolute Gasteiger partial charge is 0.494 e. The van der Waals surface area contributed by atoms with E-state index in [0.717, 1.165) is 12.2 Å². The first-order valence-electron chi connectivity index (χ1n) is 7.28. The van der Waals surface area contributed by atoms with Crippen molar-refractivity contribution < 1.29 is 4.74 Å². The third kappa shape index (κ3) is 6.65. The summed E-state index contributed by atoms with van der Waals surface area (Å²) in [6.07, 6.45) is 8.81. The van der Waals surface area contributed by atoms with Crippen molar-refractivity contribution in [1.82, 2.24) is 0 Å². The van der Waals surface area contributed by atoms with Crippen LogP contribution in [-0.4, -0.2) is 13.2 Å². The zero-order chi connectivity index (χ0) is 13.1. The summed E-state index contributed by atoms with van der Waals surface area (Å²) in [5.41, 5.74) is 6.84. The van der Waals surface area contributed by atoms with Gasteiger partial charge in [0.25, 0.3) is 0 Å². The van der Waals surface area contributed by atoms with Crippen LogP contribution in [0.3, 0.4) is 0 Å². The summed E-state index contributed by atoms with van der Waals surface area (Å²) >= 11 is 0. The Morgan fingerprint density at radius 3 is 2.33 bits per heavy atom. The van der Waals surface area contributed by atoms with Gasteiger partial charge in [0.15, 0.2) is 0 Å². The number of benzene rings is 1. The molecule has 1 aromatic rings. The van der Waals surface area contributed by atoms with Crippen LogP contribution in [0.5, 0.6) is 5.75 Å². The van der Waals surface area contributed by atoms with E-state index in [1.54, 1.807) is 0 Å². The molecular formula is C16H27NO. The van der Waals surface area contributed by atoms with Crippen molar-refractivity contribution in [2.24, 2.45) is 5.73 Å². The molecule has 0 aliphatic carbocycles. The third-order valence-corrected chi connectivity index (χ3v) is 3.11. The summed E-state index contributed by atoms with van der Waals surface area (Å²) in [4.78, 5) is 0. The van der Waals surface area contributed by atoms with Crippen LogP contribution in [0.2, 0.25) is 0 Å². The second-order valence-corrected chi connectivity index (χ2v) is 4.80. The highest BCUT2D eigenvalue weighted by Gasteiger charge is 1.96. The third-order valence-electron chi connectivity index (χ3n) is 3.11. The van der Waals surface area contributed by atoms with Crippen LogP contribution in [0, 0.1) is 0 Å². The minimum Gasteiger partial charge on any atom is -0.494 e. The fourth-order valence-corrected chi connectivity index (χ4v) is 1.96. The summed E-state index contributed by atoms with van der Waals surface area (Å²) in [5.74, 6) is 0.957. The molecule has 0 saturated heterocycles. The first-order valence-corrected chi connectivity index (χ1v) is 7.28. The second kappa shape index (κ2) is 9.95. The Morgan fingerprint density at radius 1 is 0.944 bits per heavy atom. The molecule has 0 unspecified atom stereocenters. The van der Waals surface area contributed by atoms with Crippen LogP contribution in [-0.2, 0) is 6.42 Å². The van der Waals surface area contributed by atoms with E-state index in [9.17, 15) is 0 Å². The number of ether oxygens (including phenoxy) is 1. The van der Waals surface area contributed by atoms with Gasteiger partial charge in [0.2, 0.25) is 0 Å². The zero-order valence-electron chi connectivity index (χ0n) is 11.7. The van der Waals surface area contributed by atoms with Gasteiger partial charge in [-0.1, -0.05) is 44.7 Å². The number of aryl methyl sites for hydroxylation is 1. The Morgan fingerprint density at radius 2 is 1.67 bits per heavy atom. The van der Waals surface area contributed by atoms with E-state index in [-0.39, 0.29) is 0 Å². The molecule has 0 fully saturated rings. The smallest absolute Gasteiger partial charge is 0.119 e. The maximum Gasteiger partial charge on any atom is 0.119 e. The number of unbranched alkanes of at least 4 members (excludes halogenated alkanes) is 4. The molecule has 0 aliphatic rings. The molecule has 1 aromatic carbocycles. The monoisotopic (exact) mass is 249 g/mol. The molecule has 1 rings (SSSR count). The molecule has 0 amide bonds. The quantitative estimate of drug-likeness (QED) is 0.638. The van der Waals surface area contributed by atoms with Crippen LogP contribution in [0.25, 0.3) is 0 Å². The Hall–Kier alpha value is -1.02. The van der Waals surface area contributed by atoms with Gasteiger partial charge in [0.1, 0.15) is 5.75 Å². The maximum atomic E-state index is 5.58. The average molecular weight is 249 g/mol. The number of nitrogens with two attached hydrogens (primary N) is 1. The summed E-state index contributed by atoms with van der Waals surface area (Å²) in [6.45, 7) is 3.66. The molecule has 0 atom stereocenters. The summed E-state index contributed by atoms with van der Waals surface area (Å²) in [6, 6.07) is 8.49. The van der Waals surface area contributed by atoms with E-state index in [1.165, 1.54) is 44.1 Å². The molecule has 0 spiro atoms. The van der Waals surface area contributed by atoms with Crippen LogP contribution >= 0.6 is 0 Å². The highest BCUT2D eigenvalue weighted by molar-refractivity contribution is 5.27. The van der Waals surface area contributed by atoms with Crippen molar-refractivity contribution in [2.45, 2.75) is 51.9 Å². The van der Waals surface area contributed by atoms with Crippen molar-refractivity contribution in [3.63, 3.8) is 0 Å². The van der Waals surface area contributed by atoms with Crippen LogP contribution in [0.4, 0.5) is 0 Å². The zero-order valence-corrected chi connectivity index (χ0v) is 11.7. The van der Waals surface area contributed by atoms with E-state index < -0.39 is 0 Å². The molecule has 0 heterocycles. The van der Waals surface area contributed by atoms with Gasteiger partial charge in [-0.25, -0.2) is 0 Å². The first-order chi connectivity index (χ1) is 8.86. The van der Waals surface area contributed by atoms with E-state index in [0.29, 0.717) is 13.2 Å². The Kier molecular flexibility index (Phi) is 8.32. The van der Waals surface area contributed by atoms with Crippen molar-refractivity contribution in [3.8, 4) is 5.75 Å². The van der Waals surface area contributed by atoms with Gasteiger partial charge in [-0.2, -0.15) is 0 Å². The van der Waals surface area contributed by atoms with Gasteiger partial charge >= 0.3 is 0 Å². The van der Waals surface area contributed by atoms with Gasteiger partial charge in [-0.05, 0) is 43.5 Å². The van der Waals surface area contributed by atoms with Gasteiger partial charge in [0.05, 0.1) is 6.61 Å². The highest BCUT2D eigenvalue weighted by atomic mass is 16.5. The average Bonchev–Trinajstić information content (AvgIpc) is 2.40. The molecule has 0 aliphatic heterocycles. The number of hydrogen-bond donors (Lipinski definition) is 1. The summed E-state index contributed by atoms with van der Waals surface area (Å²) < 4.78 is 5.58. The Balaban J connectivity index is 2.19. The molecule has 2 heteroatoms. The van der Waals surface area contributed by atoms with Crippen molar-refractivity contribution in [3.05, 3.63) is 29.8 Å². The molecule has 0 bridgehead atoms. The maximum absolute atomic E-state index is 5.58. The van der Waals surface area contributed by atoms with Crippen LogP contribution in [0.15, 0.2) is 24.3 Å². The number of rotatable bonds is 10. The van der Waals surface area contributed by atoms with Crippen molar-refractivity contribution in [2.75, 3.05) is 13.2 Å². The van der Waals surface area contributed by atoms with Gasteiger partial charge < -0.3 is 10.5 Å². The standard InChI is InChI=1S/C16H27NO/c1-2-3-4-5-6-8-15-9-11-16(12-10-15)18-14-7-13-17/h9-12H,2-8,13-14,17H2,1H3. The lowest BCUT2D eigenvalue weighted by Gasteiger charge is -2.06. The van der Waals surface area contributed by atoms with E-state index in [4.69, 9.17) is 10.5 Å². The Bertz CT molecular complexity index is 294. The predicted octanol–water partition coefficient (Wildman–Crippen LogP) is 3.93. The molecule has 2 N–H and O–H groups in total. The fourth-order valence-electron chi connectivity index (χ4n) is 1.96. The lowest BCUT2D eigenvalue weighted by atomic mass is 10.1. The lowest BCUT2D eigenvalue weighted by molar-refractivity contribution is 0.313. The minimum atomic E-state index is 0.690. The molecule has 0 radical (unpaired) electrons. The predicted molar refractivity (Wildman–Crippen MR) is 78.1 cm³/mol. The van der Waals surface area contributed by atoms with E-state index in [1.807, 2.05) is 0 Å². The molecule has 0 saturated carbocycles. The summed E-state index contributed by atoms with van der Waals surface area (Å²) in [5, 5.41) is 0. The van der Waals surface area contributed by atoms with Gasteiger partial charge in [-0.15, -0.1) is 0 Å². The second-order valence-electron chi connectivity index (χ2n) is 4.80. The fraction of sp³-hybridized carbons (Fsp3) is 0.625. The van der Waals surface area contributed by atoms with Crippen LogP contribution in [0.1, 0.15) is 51.0 Å². The van der Waals surface area contributed by atoms with Crippen LogP contribution < -0.4 is 10.5 Å². The normalized spacial score (nSPS) is 10.6. The lowest BCUT2D eigenvalue weighted by Crippen LogP contribution is -2.06. The van der Waals surface area contributed by atoms with E-state index >= 15 is 0 Å². The SMILES string of the molecule is CCCCCCCc1ccc(OCCCN)cc1. The highest BCUT2D eigenvalue weighted by Crippen LogP contribution is 2.15. The molecule has 0 aromatic heterocycles. The summed E-state index contributed by atoms with van der Waals surface area (Å²) in [7, 11) is 0. The Labute approximate surface area is 112 Å². The van der Waals surface area contributed by atoms with Crippen molar-refractivity contribution in [1.29, 1.82) is 0 Å². The molecule has 18 heavy (non-hydrogen) atoms. The van der Waals surface area contributed by atoms with Gasteiger partial charge in [-0.3, -0.25) is 0 Å². The number of hydrogen-bond acceptors (Lipinski definition) is 2. The molecule has 2 nitrogen and oxygen atoms in total. The molecule has 102 valence electrons. The molecular weight excluding hydrogens is 222 g/mol. The van der Waals surface area contributed by atoms with E-state index in [2.05, 4.69) is 31.2 Å². The minimum absolute atomic E-state index is 0.690. The van der Waals surface area contributed by atoms with Gasteiger partial charge in [0, 0.05) is 0 Å². The van der Waals surface area contributed by atoms with Crippen molar-refractivity contribution >= 4 is 0 Å². The topological polar surface area (TPSA) is 35.2 Å². The first kappa shape index (κ1) is 15.0.